The summed E-state index contributed by atoms with van der Waals surface area (Å²) in [6, 6.07) is 6.43. The van der Waals surface area contributed by atoms with E-state index < -0.39 is 0 Å². The molecule has 19 heavy (non-hydrogen) atoms. The van der Waals surface area contributed by atoms with Crippen molar-refractivity contribution in [3.63, 3.8) is 0 Å². The first-order valence-corrected chi connectivity index (χ1v) is 7.06. The van der Waals surface area contributed by atoms with Crippen LogP contribution in [0.15, 0.2) is 18.2 Å². The fourth-order valence-corrected chi connectivity index (χ4v) is 2.26. The Balaban J connectivity index is 2.50. The molecule has 2 N–H and O–H groups in total. The van der Waals surface area contributed by atoms with Crippen LogP contribution >= 0.6 is 0 Å². The van der Waals surface area contributed by atoms with Crippen LogP contribution in [0.25, 0.3) is 0 Å². The van der Waals surface area contributed by atoms with Gasteiger partial charge < -0.3 is 15.3 Å². The first-order valence-electron chi connectivity index (χ1n) is 7.06. The number of nitrogens with zero attached hydrogens (tertiary/aromatic N) is 1. The molecule has 1 aromatic carbocycles. The Hall–Kier alpha value is -1.06. The van der Waals surface area contributed by atoms with Crippen LogP contribution in [0.4, 0.5) is 0 Å². The molecule has 0 fully saturated rings. The van der Waals surface area contributed by atoms with Gasteiger partial charge in [-0.15, -0.1) is 0 Å². The number of aromatic hydroxyl groups is 1. The molecule has 0 saturated carbocycles. The largest absolute Gasteiger partial charge is 0.507 e. The maximum absolute atomic E-state index is 9.97. The Morgan fingerprint density at radius 3 is 2.53 bits per heavy atom. The van der Waals surface area contributed by atoms with E-state index in [0.717, 1.165) is 24.2 Å². The number of aryl methyl sites for hydroxylation is 1. The van der Waals surface area contributed by atoms with E-state index in [2.05, 4.69) is 38.2 Å². The van der Waals surface area contributed by atoms with Crippen molar-refractivity contribution in [2.45, 2.75) is 39.8 Å². The minimum Gasteiger partial charge on any atom is -0.507 e. The molecule has 0 aliphatic heterocycles. The van der Waals surface area contributed by atoms with Gasteiger partial charge in [-0.25, -0.2) is 0 Å². The molecule has 1 unspecified atom stereocenters. The molecular formula is C16H28N2O. The molecular weight excluding hydrogens is 236 g/mol. The molecule has 0 saturated heterocycles. The molecule has 1 rings (SSSR count). The summed E-state index contributed by atoms with van der Waals surface area (Å²) in [5, 5.41) is 13.4. The summed E-state index contributed by atoms with van der Waals surface area (Å²) in [5.74, 6) is 1.11. The Morgan fingerprint density at radius 1 is 1.26 bits per heavy atom. The minimum absolute atomic E-state index is 0.417. The van der Waals surface area contributed by atoms with Crippen LogP contribution in [0, 0.1) is 12.8 Å². The van der Waals surface area contributed by atoms with Gasteiger partial charge >= 0.3 is 0 Å². The molecule has 0 aromatic heterocycles. The SMILES string of the molecule is Cc1cccc(CNCC(CC(C)C)N(C)C)c1O. The molecule has 3 heteroatoms. The summed E-state index contributed by atoms with van der Waals surface area (Å²) in [6.45, 7) is 8.10. The van der Waals surface area contributed by atoms with Gasteiger partial charge in [0, 0.05) is 24.7 Å². The van der Waals surface area contributed by atoms with Gasteiger partial charge in [0.05, 0.1) is 0 Å². The van der Waals surface area contributed by atoms with Crippen molar-refractivity contribution in [2.75, 3.05) is 20.6 Å². The molecule has 0 spiro atoms. The number of benzene rings is 1. The Bertz CT molecular complexity index is 388. The molecule has 1 aromatic rings. The van der Waals surface area contributed by atoms with E-state index in [1.165, 1.54) is 6.42 Å². The minimum atomic E-state index is 0.417. The van der Waals surface area contributed by atoms with E-state index in [4.69, 9.17) is 0 Å². The van der Waals surface area contributed by atoms with Gasteiger partial charge in [0.2, 0.25) is 0 Å². The Kier molecular flexibility index (Phi) is 6.32. The van der Waals surface area contributed by atoms with Gasteiger partial charge in [0.15, 0.2) is 0 Å². The molecule has 0 heterocycles. The average Bonchev–Trinajstić information content (AvgIpc) is 2.32. The van der Waals surface area contributed by atoms with Gasteiger partial charge in [0.25, 0.3) is 0 Å². The van der Waals surface area contributed by atoms with Gasteiger partial charge in [0.1, 0.15) is 5.75 Å². The average molecular weight is 264 g/mol. The van der Waals surface area contributed by atoms with E-state index in [9.17, 15) is 5.11 Å². The van der Waals surface area contributed by atoms with Crippen LogP contribution in [0.1, 0.15) is 31.4 Å². The fraction of sp³-hybridized carbons (Fsp3) is 0.625. The fourth-order valence-electron chi connectivity index (χ4n) is 2.26. The van der Waals surface area contributed by atoms with Crippen LogP contribution in [0.2, 0.25) is 0 Å². The summed E-state index contributed by atoms with van der Waals surface area (Å²) in [4.78, 5) is 2.27. The summed E-state index contributed by atoms with van der Waals surface area (Å²) >= 11 is 0. The predicted molar refractivity (Wildman–Crippen MR) is 81.5 cm³/mol. The summed E-state index contributed by atoms with van der Waals surface area (Å²) in [7, 11) is 4.25. The molecule has 0 amide bonds. The van der Waals surface area contributed by atoms with Crippen molar-refractivity contribution < 1.29 is 5.11 Å². The highest BCUT2D eigenvalue weighted by molar-refractivity contribution is 5.39. The molecule has 0 bridgehead atoms. The highest BCUT2D eigenvalue weighted by atomic mass is 16.3. The van der Waals surface area contributed by atoms with Crippen molar-refractivity contribution in [1.29, 1.82) is 0 Å². The van der Waals surface area contributed by atoms with Crippen LogP contribution in [0.5, 0.6) is 5.75 Å². The second-order valence-corrected chi connectivity index (χ2v) is 5.96. The zero-order chi connectivity index (χ0) is 14.4. The zero-order valence-corrected chi connectivity index (χ0v) is 12.9. The number of para-hydroxylation sites is 1. The lowest BCUT2D eigenvalue weighted by atomic mass is 10.0. The third kappa shape index (κ3) is 5.21. The van der Waals surface area contributed by atoms with Crippen LogP contribution in [-0.4, -0.2) is 36.7 Å². The van der Waals surface area contributed by atoms with Crippen LogP contribution in [-0.2, 0) is 6.54 Å². The number of likely N-dealkylation sites (N-methyl/N-ethyl adjacent to an activating group) is 1. The molecule has 0 radical (unpaired) electrons. The van der Waals surface area contributed by atoms with E-state index in [1.807, 2.05) is 25.1 Å². The van der Waals surface area contributed by atoms with Crippen molar-refractivity contribution in [2.24, 2.45) is 5.92 Å². The van der Waals surface area contributed by atoms with Crippen molar-refractivity contribution in [3.8, 4) is 5.75 Å². The normalized spacial score (nSPS) is 13.2. The highest BCUT2D eigenvalue weighted by Crippen LogP contribution is 2.21. The lowest BCUT2D eigenvalue weighted by molar-refractivity contribution is 0.246. The Labute approximate surface area is 117 Å². The molecule has 1 atom stereocenters. The number of phenolic OH excluding ortho intramolecular Hbond substituents is 1. The van der Waals surface area contributed by atoms with Gasteiger partial charge in [-0.3, -0.25) is 0 Å². The summed E-state index contributed by atoms with van der Waals surface area (Å²) < 4.78 is 0. The summed E-state index contributed by atoms with van der Waals surface area (Å²) in [6.07, 6.45) is 1.18. The van der Waals surface area contributed by atoms with E-state index in [1.54, 1.807) is 0 Å². The second kappa shape index (κ2) is 7.51. The lowest BCUT2D eigenvalue weighted by Gasteiger charge is -2.26. The van der Waals surface area contributed by atoms with Crippen molar-refractivity contribution >= 4 is 0 Å². The monoisotopic (exact) mass is 264 g/mol. The van der Waals surface area contributed by atoms with Crippen LogP contribution in [0.3, 0.4) is 0 Å². The number of phenols is 1. The second-order valence-electron chi connectivity index (χ2n) is 5.96. The number of rotatable bonds is 7. The Morgan fingerprint density at radius 2 is 1.95 bits per heavy atom. The van der Waals surface area contributed by atoms with E-state index in [-0.39, 0.29) is 0 Å². The molecule has 3 nitrogen and oxygen atoms in total. The number of hydrogen-bond acceptors (Lipinski definition) is 3. The van der Waals surface area contributed by atoms with Gasteiger partial charge in [-0.2, -0.15) is 0 Å². The maximum atomic E-state index is 9.97. The maximum Gasteiger partial charge on any atom is 0.122 e. The standard InChI is InChI=1S/C16H28N2O/c1-12(2)9-15(18(4)5)11-17-10-14-8-6-7-13(3)16(14)19/h6-8,12,15,17,19H,9-11H2,1-5H3. The third-order valence-electron chi connectivity index (χ3n) is 3.49. The number of nitrogens with one attached hydrogen (secondary N) is 1. The quantitative estimate of drug-likeness (QED) is 0.795. The lowest BCUT2D eigenvalue weighted by Crippen LogP contribution is -2.38. The predicted octanol–water partition coefficient (Wildman–Crippen LogP) is 2.77. The van der Waals surface area contributed by atoms with E-state index >= 15 is 0 Å². The molecule has 0 aliphatic carbocycles. The molecule has 0 aliphatic rings. The number of hydrogen-bond donors (Lipinski definition) is 2. The first-order chi connectivity index (χ1) is 8.91. The van der Waals surface area contributed by atoms with Crippen LogP contribution < -0.4 is 5.32 Å². The molecule has 108 valence electrons. The summed E-state index contributed by atoms with van der Waals surface area (Å²) in [5.41, 5.74) is 1.91. The van der Waals surface area contributed by atoms with Gasteiger partial charge in [-0.1, -0.05) is 32.0 Å². The highest BCUT2D eigenvalue weighted by Gasteiger charge is 2.13. The first kappa shape index (κ1) is 16.0. The van der Waals surface area contributed by atoms with Crippen molar-refractivity contribution in [3.05, 3.63) is 29.3 Å². The smallest absolute Gasteiger partial charge is 0.122 e. The van der Waals surface area contributed by atoms with Gasteiger partial charge in [-0.05, 0) is 38.9 Å². The van der Waals surface area contributed by atoms with E-state index in [0.29, 0.717) is 17.7 Å². The zero-order valence-electron chi connectivity index (χ0n) is 12.9. The topological polar surface area (TPSA) is 35.5 Å². The van der Waals surface area contributed by atoms with Crippen molar-refractivity contribution in [1.82, 2.24) is 10.2 Å². The third-order valence-corrected chi connectivity index (χ3v) is 3.49.